The maximum absolute atomic E-state index is 10.5. The molecular weight excluding hydrogens is 290 g/mol. The number of hydrogen-bond donors (Lipinski definition) is 1. The molecular formula is C15H17NO2S2. The van der Waals surface area contributed by atoms with Gasteiger partial charge in [0.1, 0.15) is 11.9 Å². The van der Waals surface area contributed by atoms with Crippen LogP contribution in [0.4, 0.5) is 0 Å². The Morgan fingerprint density at radius 2 is 1.90 bits per heavy atom. The Labute approximate surface area is 127 Å². The van der Waals surface area contributed by atoms with Gasteiger partial charge in [0.2, 0.25) is 0 Å². The first-order chi connectivity index (χ1) is 9.74. The Kier molecular flexibility index (Phi) is 5.76. The summed E-state index contributed by atoms with van der Waals surface area (Å²) in [4.78, 5) is 4.29. The van der Waals surface area contributed by atoms with Crippen LogP contribution in [0.1, 0.15) is 11.7 Å². The lowest BCUT2D eigenvalue weighted by atomic mass is 10.1. The Hall–Kier alpha value is -1.17. The van der Waals surface area contributed by atoms with Crippen molar-refractivity contribution in [2.75, 3.05) is 13.4 Å². The maximum Gasteiger partial charge on any atom is 0.118 e. The van der Waals surface area contributed by atoms with Crippen molar-refractivity contribution in [1.29, 1.82) is 0 Å². The standard InChI is InChI=1S/C15H17NO2S2/c1-18-12-8-6-11(7-9-12)14(17)15(19-2)20-13-5-3-4-10-16-13/h3-10,14-15,17H,1-2H3/t14-,15-/m0/s1. The highest BCUT2D eigenvalue weighted by Crippen LogP contribution is 2.37. The Balaban J connectivity index is 2.09. The molecule has 1 aromatic carbocycles. The van der Waals surface area contributed by atoms with Crippen LogP contribution < -0.4 is 4.74 Å². The van der Waals surface area contributed by atoms with E-state index in [0.717, 1.165) is 16.3 Å². The van der Waals surface area contributed by atoms with E-state index < -0.39 is 6.10 Å². The van der Waals surface area contributed by atoms with Gasteiger partial charge in [0.15, 0.2) is 0 Å². The zero-order chi connectivity index (χ0) is 14.4. The molecule has 0 aliphatic carbocycles. The number of nitrogens with zero attached hydrogens (tertiary/aromatic N) is 1. The normalized spacial score (nSPS) is 13.8. The van der Waals surface area contributed by atoms with Crippen LogP contribution in [0.5, 0.6) is 5.75 Å². The summed E-state index contributed by atoms with van der Waals surface area (Å²) in [5, 5.41) is 11.4. The van der Waals surface area contributed by atoms with Crippen molar-refractivity contribution in [3.63, 3.8) is 0 Å². The molecule has 0 saturated carbocycles. The van der Waals surface area contributed by atoms with E-state index in [9.17, 15) is 5.11 Å². The van der Waals surface area contributed by atoms with Crippen molar-refractivity contribution in [2.45, 2.75) is 15.7 Å². The summed E-state index contributed by atoms with van der Waals surface area (Å²) >= 11 is 3.19. The summed E-state index contributed by atoms with van der Waals surface area (Å²) in [5.41, 5.74) is 0.883. The smallest absolute Gasteiger partial charge is 0.118 e. The van der Waals surface area contributed by atoms with Gasteiger partial charge in [-0.1, -0.05) is 30.0 Å². The number of pyridine rings is 1. The number of aliphatic hydroxyl groups excluding tert-OH is 1. The van der Waals surface area contributed by atoms with E-state index in [1.165, 1.54) is 0 Å². The molecule has 1 aromatic heterocycles. The van der Waals surface area contributed by atoms with Crippen LogP contribution in [0.3, 0.4) is 0 Å². The van der Waals surface area contributed by atoms with Crippen molar-refractivity contribution in [1.82, 2.24) is 4.98 Å². The van der Waals surface area contributed by atoms with Gasteiger partial charge in [-0.25, -0.2) is 4.98 Å². The van der Waals surface area contributed by atoms with E-state index in [-0.39, 0.29) is 4.58 Å². The fourth-order valence-corrected chi connectivity index (χ4v) is 3.63. The van der Waals surface area contributed by atoms with Crippen molar-refractivity contribution < 1.29 is 9.84 Å². The van der Waals surface area contributed by atoms with Crippen LogP contribution in [-0.4, -0.2) is 28.0 Å². The van der Waals surface area contributed by atoms with E-state index in [2.05, 4.69) is 4.98 Å². The van der Waals surface area contributed by atoms with Crippen molar-refractivity contribution in [2.24, 2.45) is 0 Å². The van der Waals surface area contributed by atoms with Gasteiger partial charge in [-0.05, 0) is 36.1 Å². The van der Waals surface area contributed by atoms with E-state index in [4.69, 9.17) is 4.74 Å². The topological polar surface area (TPSA) is 42.4 Å². The van der Waals surface area contributed by atoms with Crippen molar-refractivity contribution in [3.05, 3.63) is 54.2 Å². The Morgan fingerprint density at radius 3 is 2.45 bits per heavy atom. The van der Waals surface area contributed by atoms with Crippen LogP contribution in [0.25, 0.3) is 0 Å². The lowest BCUT2D eigenvalue weighted by Gasteiger charge is -2.20. The highest BCUT2D eigenvalue weighted by Gasteiger charge is 2.21. The van der Waals surface area contributed by atoms with Gasteiger partial charge >= 0.3 is 0 Å². The van der Waals surface area contributed by atoms with Gasteiger partial charge in [0.25, 0.3) is 0 Å². The molecule has 0 amide bonds. The minimum absolute atomic E-state index is 0.00158. The SMILES string of the molecule is COc1ccc([C@H](O)[C@@H](SC)Sc2ccccn2)cc1. The predicted octanol–water partition coefficient (Wildman–Crippen LogP) is 3.61. The first kappa shape index (κ1) is 15.2. The summed E-state index contributed by atoms with van der Waals surface area (Å²) in [6.45, 7) is 0. The summed E-state index contributed by atoms with van der Waals surface area (Å²) < 4.78 is 5.13. The van der Waals surface area contributed by atoms with Gasteiger partial charge in [-0.15, -0.1) is 11.8 Å². The van der Waals surface area contributed by atoms with Gasteiger partial charge in [-0.2, -0.15) is 0 Å². The molecule has 0 aliphatic heterocycles. The molecule has 106 valence electrons. The molecule has 20 heavy (non-hydrogen) atoms. The summed E-state index contributed by atoms with van der Waals surface area (Å²) in [6.07, 6.45) is 3.20. The number of aliphatic hydroxyl groups is 1. The maximum atomic E-state index is 10.5. The third kappa shape index (κ3) is 3.91. The molecule has 0 radical (unpaired) electrons. The van der Waals surface area contributed by atoms with Crippen molar-refractivity contribution >= 4 is 23.5 Å². The average molecular weight is 307 g/mol. The van der Waals surface area contributed by atoms with Gasteiger partial charge in [-0.3, -0.25) is 0 Å². The monoisotopic (exact) mass is 307 g/mol. The molecule has 0 spiro atoms. The fourth-order valence-electron chi connectivity index (χ4n) is 1.74. The number of rotatable bonds is 6. The van der Waals surface area contributed by atoms with Crippen molar-refractivity contribution in [3.8, 4) is 5.75 Å². The third-order valence-corrected chi connectivity index (χ3v) is 5.38. The molecule has 2 aromatic rings. The molecule has 0 fully saturated rings. The molecule has 0 aliphatic rings. The van der Waals surface area contributed by atoms with Gasteiger partial charge in [0.05, 0.1) is 16.7 Å². The van der Waals surface area contributed by atoms with Crippen LogP contribution in [-0.2, 0) is 0 Å². The largest absolute Gasteiger partial charge is 0.497 e. The molecule has 1 N–H and O–H groups in total. The number of methoxy groups -OCH3 is 1. The molecule has 2 atom stereocenters. The Morgan fingerprint density at radius 1 is 1.15 bits per heavy atom. The lowest BCUT2D eigenvalue weighted by molar-refractivity contribution is 0.196. The lowest BCUT2D eigenvalue weighted by Crippen LogP contribution is -2.11. The van der Waals surface area contributed by atoms with E-state index in [1.807, 2.05) is 48.7 Å². The number of aromatic nitrogens is 1. The second-order valence-electron chi connectivity index (χ2n) is 4.11. The molecule has 0 unspecified atom stereocenters. The van der Waals surface area contributed by atoms with Crippen LogP contribution >= 0.6 is 23.5 Å². The first-order valence-electron chi connectivity index (χ1n) is 6.17. The highest BCUT2D eigenvalue weighted by atomic mass is 32.2. The number of benzene rings is 1. The number of ether oxygens (including phenoxy) is 1. The molecule has 0 saturated heterocycles. The van der Waals surface area contributed by atoms with Crippen LogP contribution in [0, 0.1) is 0 Å². The summed E-state index contributed by atoms with van der Waals surface area (Å²) in [6, 6.07) is 13.3. The van der Waals surface area contributed by atoms with Gasteiger partial charge < -0.3 is 9.84 Å². The summed E-state index contributed by atoms with van der Waals surface area (Å²) in [5.74, 6) is 0.791. The first-order valence-corrected chi connectivity index (χ1v) is 8.34. The minimum Gasteiger partial charge on any atom is -0.497 e. The average Bonchev–Trinajstić information content (AvgIpc) is 2.53. The molecule has 2 rings (SSSR count). The van der Waals surface area contributed by atoms with E-state index >= 15 is 0 Å². The quantitative estimate of drug-likeness (QED) is 0.652. The molecule has 1 heterocycles. The molecule has 5 heteroatoms. The fraction of sp³-hybridized carbons (Fsp3) is 0.267. The minimum atomic E-state index is -0.553. The van der Waals surface area contributed by atoms with Crippen LogP contribution in [0.2, 0.25) is 0 Å². The van der Waals surface area contributed by atoms with E-state index in [1.54, 1.807) is 36.8 Å². The Bertz CT molecular complexity index is 519. The second kappa shape index (κ2) is 7.57. The zero-order valence-corrected chi connectivity index (χ0v) is 13.0. The van der Waals surface area contributed by atoms with Crippen LogP contribution in [0.15, 0.2) is 53.7 Å². The number of hydrogen-bond acceptors (Lipinski definition) is 5. The third-order valence-electron chi connectivity index (χ3n) is 2.82. The van der Waals surface area contributed by atoms with Gasteiger partial charge in [0, 0.05) is 6.20 Å². The second-order valence-corrected chi connectivity index (χ2v) is 6.55. The summed E-state index contributed by atoms with van der Waals surface area (Å²) in [7, 11) is 1.63. The predicted molar refractivity (Wildman–Crippen MR) is 85.4 cm³/mol. The zero-order valence-electron chi connectivity index (χ0n) is 11.4. The van der Waals surface area contributed by atoms with E-state index in [0.29, 0.717) is 0 Å². The highest BCUT2D eigenvalue weighted by molar-refractivity contribution is 8.16. The number of thioether (sulfide) groups is 2. The molecule has 0 bridgehead atoms. The molecule has 3 nitrogen and oxygen atoms in total.